The Balaban J connectivity index is 1.77. The number of nitrogens with one attached hydrogen (secondary N) is 2. The minimum absolute atomic E-state index is 0.110. The number of fused-ring (bicyclic) bond motifs is 1. The molecule has 0 saturated carbocycles. The molecule has 7 nitrogen and oxygen atoms in total. The van der Waals surface area contributed by atoms with E-state index < -0.39 is 5.91 Å². The van der Waals surface area contributed by atoms with Gasteiger partial charge in [-0.1, -0.05) is 0 Å². The number of thiophene rings is 1. The van der Waals surface area contributed by atoms with E-state index in [-0.39, 0.29) is 11.1 Å². The Kier molecular flexibility index (Phi) is 7.28. The molecule has 0 saturated heterocycles. The number of carbonyl (C=O) groups excluding carboxylic acids is 2. The van der Waals surface area contributed by atoms with E-state index in [9.17, 15) is 9.59 Å². The first-order valence-electron chi connectivity index (χ1n) is 9.64. The Morgan fingerprint density at radius 2 is 1.87 bits per heavy atom. The maximum Gasteiger partial charge on any atom is 0.341 e. The number of hydrogen-bond acceptors (Lipinski definition) is 7. The number of benzene rings is 1. The highest BCUT2D eigenvalue weighted by atomic mass is 32.1. The fraction of sp³-hybridized carbons (Fsp3) is 0.381. The van der Waals surface area contributed by atoms with Gasteiger partial charge in [-0.2, -0.15) is 0 Å². The van der Waals surface area contributed by atoms with E-state index in [1.807, 2.05) is 0 Å². The predicted octanol–water partition coefficient (Wildman–Crippen LogP) is 3.95. The van der Waals surface area contributed by atoms with Crippen LogP contribution in [0, 0.1) is 0 Å². The molecule has 0 radical (unpaired) electrons. The lowest BCUT2D eigenvalue weighted by atomic mass is 9.95. The van der Waals surface area contributed by atoms with Crippen molar-refractivity contribution in [1.29, 1.82) is 0 Å². The van der Waals surface area contributed by atoms with E-state index in [2.05, 4.69) is 10.6 Å². The van der Waals surface area contributed by atoms with Gasteiger partial charge >= 0.3 is 5.97 Å². The average molecular weight is 449 g/mol. The largest absolute Gasteiger partial charge is 0.493 e. The van der Waals surface area contributed by atoms with Crippen LogP contribution >= 0.6 is 23.6 Å². The third-order valence-electron chi connectivity index (χ3n) is 4.75. The Morgan fingerprint density at radius 1 is 1.13 bits per heavy atom. The van der Waals surface area contributed by atoms with Crippen molar-refractivity contribution in [3.05, 3.63) is 39.8 Å². The van der Waals surface area contributed by atoms with Crippen molar-refractivity contribution in [2.75, 3.05) is 26.1 Å². The van der Waals surface area contributed by atoms with Crippen LogP contribution in [0.3, 0.4) is 0 Å². The second kappa shape index (κ2) is 9.90. The summed E-state index contributed by atoms with van der Waals surface area (Å²) < 4.78 is 15.7. The van der Waals surface area contributed by atoms with Gasteiger partial charge in [-0.05, 0) is 68.6 Å². The lowest BCUT2D eigenvalue weighted by Gasteiger charge is -2.13. The van der Waals surface area contributed by atoms with Crippen LogP contribution in [-0.2, 0) is 17.6 Å². The van der Waals surface area contributed by atoms with Crippen molar-refractivity contribution in [2.24, 2.45) is 0 Å². The van der Waals surface area contributed by atoms with Gasteiger partial charge < -0.3 is 19.5 Å². The molecule has 0 unspecified atom stereocenters. The predicted molar refractivity (Wildman–Crippen MR) is 120 cm³/mol. The Labute approximate surface area is 184 Å². The van der Waals surface area contributed by atoms with Crippen LogP contribution in [-0.4, -0.2) is 37.8 Å². The van der Waals surface area contributed by atoms with E-state index in [4.69, 9.17) is 26.4 Å². The van der Waals surface area contributed by atoms with Crippen LogP contribution in [0.2, 0.25) is 0 Å². The Hall–Kier alpha value is -2.65. The second-order valence-corrected chi connectivity index (χ2v) is 8.13. The second-order valence-electron chi connectivity index (χ2n) is 6.61. The maximum atomic E-state index is 12.6. The molecule has 0 spiro atoms. The fourth-order valence-corrected chi connectivity index (χ4v) is 4.90. The van der Waals surface area contributed by atoms with Gasteiger partial charge in [0.15, 0.2) is 16.6 Å². The molecule has 0 bridgehead atoms. The van der Waals surface area contributed by atoms with Crippen LogP contribution in [0.5, 0.6) is 11.5 Å². The number of ether oxygens (including phenoxy) is 3. The molecule has 2 aromatic rings. The minimum atomic E-state index is -0.396. The fourth-order valence-electron chi connectivity index (χ4n) is 3.36. The number of thiocarbonyl (C=S) groups is 1. The smallest absolute Gasteiger partial charge is 0.341 e. The Bertz CT molecular complexity index is 971. The normalized spacial score (nSPS) is 12.5. The van der Waals surface area contributed by atoms with Gasteiger partial charge in [0, 0.05) is 10.4 Å². The number of aryl methyl sites for hydroxylation is 1. The van der Waals surface area contributed by atoms with Crippen LogP contribution in [0.1, 0.15) is 50.9 Å². The lowest BCUT2D eigenvalue weighted by molar-refractivity contribution is 0.0526. The standard InChI is InChI=1S/C21H24N2O5S2/c1-4-28-20(25)17-13-7-5-6-8-16(13)30-19(17)23-21(29)22-18(24)12-9-10-14(26-2)15(11-12)27-3/h9-11H,4-8H2,1-3H3,(H2,22,23,24,29). The maximum absolute atomic E-state index is 12.6. The van der Waals surface area contributed by atoms with Crippen molar-refractivity contribution >= 4 is 45.5 Å². The molecule has 1 heterocycles. The SMILES string of the molecule is CCOC(=O)c1c(NC(=S)NC(=O)c2ccc(OC)c(OC)c2)sc2c1CCCC2. The monoisotopic (exact) mass is 448 g/mol. The highest BCUT2D eigenvalue weighted by molar-refractivity contribution is 7.80. The van der Waals surface area contributed by atoms with Gasteiger partial charge in [0.1, 0.15) is 5.00 Å². The lowest BCUT2D eigenvalue weighted by Crippen LogP contribution is -2.34. The molecule has 30 heavy (non-hydrogen) atoms. The number of rotatable bonds is 6. The van der Waals surface area contributed by atoms with Crippen molar-refractivity contribution in [1.82, 2.24) is 5.32 Å². The van der Waals surface area contributed by atoms with E-state index in [0.29, 0.717) is 34.2 Å². The number of carbonyl (C=O) groups is 2. The highest BCUT2D eigenvalue weighted by Crippen LogP contribution is 2.38. The number of anilines is 1. The molecular formula is C21H24N2O5S2. The Morgan fingerprint density at radius 3 is 2.57 bits per heavy atom. The topological polar surface area (TPSA) is 85.9 Å². The van der Waals surface area contributed by atoms with Crippen LogP contribution < -0.4 is 20.1 Å². The third kappa shape index (κ3) is 4.73. The molecule has 0 fully saturated rings. The first-order chi connectivity index (χ1) is 14.5. The number of esters is 1. The van der Waals surface area contributed by atoms with Crippen molar-refractivity contribution in [3.63, 3.8) is 0 Å². The molecule has 1 aliphatic rings. The zero-order chi connectivity index (χ0) is 21.7. The molecule has 1 aromatic heterocycles. The molecular weight excluding hydrogens is 424 g/mol. The molecule has 1 amide bonds. The highest BCUT2D eigenvalue weighted by Gasteiger charge is 2.27. The zero-order valence-electron chi connectivity index (χ0n) is 17.1. The number of amides is 1. The van der Waals surface area contributed by atoms with Crippen molar-refractivity contribution in [3.8, 4) is 11.5 Å². The average Bonchev–Trinajstić information content (AvgIpc) is 3.10. The van der Waals surface area contributed by atoms with Crippen molar-refractivity contribution in [2.45, 2.75) is 32.6 Å². The van der Waals surface area contributed by atoms with Gasteiger partial charge in [-0.15, -0.1) is 11.3 Å². The van der Waals surface area contributed by atoms with E-state index in [1.165, 1.54) is 30.4 Å². The van der Waals surface area contributed by atoms with Crippen LogP contribution in [0.15, 0.2) is 18.2 Å². The van der Waals surface area contributed by atoms with Crippen LogP contribution in [0.4, 0.5) is 5.00 Å². The van der Waals surface area contributed by atoms with Gasteiger partial charge in [-0.25, -0.2) is 4.79 Å². The number of hydrogen-bond donors (Lipinski definition) is 2. The molecule has 0 aliphatic heterocycles. The van der Waals surface area contributed by atoms with E-state index in [1.54, 1.807) is 25.1 Å². The van der Waals surface area contributed by atoms with Gasteiger partial charge in [0.2, 0.25) is 0 Å². The summed E-state index contributed by atoms with van der Waals surface area (Å²) in [4.78, 5) is 26.3. The molecule has 160 valence electrons. The first kappa shape index (κ1) is 22.0. The summed E-state index contributed by atoms with van der Waals surface area (Å²) in [6.07, 6.45) is 3.90. The number of methoxy groups -OCH3 is 2. The summed E-state index contributed by atoms with van der Waals surface area (Å²) in [5.41, 5.74) is 1.92. The van der Waals surface area contributed by atoms with Crippen molar-refractivity contribution < 1.29 is 23.8 Å². The van der Waals surface area contributed by atoms with Gasteiger partial charge in [0.05, 0.1) is 26.4 Å². The van der Waals surface area contributed by atoms with Crippen LogP contribution in [0.25, 0.3) is 0 Å². The van der Waals surface area contributed by atoms with E-state index >= 15 is 0 Å². The van der Waals surface area contributed by atoms with E-state index in [0.717, 1.165) is 31.2 Å². The summed E-state index contributed by atoms with van der Waals surface area (Å²) in [6.45, 7) is 2.07. The summed E-state index contributed by atoms with van der Waals surface area (Å²) in [5.74, 6) is 0.207. The summed E-state index contributed by atoms with van der Waals surface area (Å²) in [7, 11) is 3.03. The molecule has 1 aromatic carbocycles. The zero-order valence-corrected chi connectivity index (χ0v) is 18.8. The molecule has 9 heteroatoms. The minimum Gasteiger partial charge on any atom is -0.493 e. The quantitative estimate of drug-likeness (QED) is 0.511. The molecule has 3 rings (SSSR count). The summed E-state index contributed by atoms with van der Waals surface area (Å²) >= 11 is 6.82. The summed E-state index contributed by atoms with van der Waals surface area (Å²) in [6, 6.07) is 4.84. The van der Waals surface area contributed by atoms with Gasteiger partial charge in [-0.3, -0.25) is 10.1 Å². The summed E-state index contributed by atoms with van der Waals surface area (Å²) in [5, 5.41) is 6.39. The molecule has 2 N–H and O–H groups in total. The molecule has 0 atom stereocenters. The molecule has 1 aliphatic carbocycles. The third-order valence-corrected chi connectivity index (χ3v) is 6.16. The van der Waals surface area contributed by atoms with Gasteiger partial charge in [0.25, 0.3) is 5.91 Å². The first-order valence-corrected chi connectivity index (χ1v) is 10.9.